The minimum atomic E-state index is -0.786. The standard InChI is InChI=1S/C11H12N4O2/c12-10(16)17-6-5-13-11-14-7-8-3-1-2-4-9(8)15-11/h1-4,7H,5-6H2,(H2,12,16)(H,13,14,15). The Morgan fingerprint density at radius 2 is 2.24 bits per heavy atom. The highest BCUT2D eigenvalue weighted by Gasteiger charge is 1.99. The Bertz CT molecular complexity index is 530. The van der Waals surface area contributed by atoms with Crippen LogP contribution in [-0.4, -0.2) is 29.2 Å². The molecule has 0 bridgehead atoms. The maximum atomic E-state index is 10.3. The van der Waals surface area contributed by atoms with Crippen LogP contribution in [0.25, 0.3) is 10.9 Å². The van der Waals surface area contributed by atoms with E-state index >= 15 is 0 Å². The van der Waals surface area contributed by atoms with E-state index in [1.807, 2.05) is 24.3 Å². The number of anilines is 1. The molecule has 2 rings (SSSR count). The fourth-order valence-corrected chi connectivity index (χ4v) is 1.37. The van der Waals surface area contributed by atoms with Crippen molar-refractivity contribution in [1.29, 1.82) is 0 Å². The summed E-state index contributed by atoms with van der Waals surface area (Å²) in [6.45, 7) is 0.604. The first kappa shape index (κ1) is 11.1. The highest BCUT2D eigenvalue weighted by molar-refractivity contribution is 5.78. The number of para-hydroxylation sites is 1. The number of ether oxygens (including phenoxy) is 1. The number of primary amides is 1. The number of hydrogen-bond donors (Lipinski definition) is 2. The number of benzene rings is 1. The van der Waals surface area contributed by atoms with Crippen LogP contribution in [0.5, 0.6) is 0 Å². The van der Waals surface area contributed by atoms with Gasteiger partial charge in [0.15, 0.2) is 0 Å². The van der Waals surface area contributed by atoms with Crippen LogP contribution < -0.4 is 11.1 Å². The van der Waals surface area contributed by atoms with Gasteiger partial charge in [0.1, 0.15) is 6.61 Å². The molecule has 0 radical (unpaired) electrons. The molecule has 0 aliphatic carbocycles. The lowest BCUT2D eigenvalue weighted by atomic mass is 10.2. The number of nitrogens with zero attached hydrogens (tertiary/aromatic N) is 2. The number of nitrogens with two attached hydrogens (primary N) is 1. The Morgan fingerprint density at radius 1 is 1.41 bits per heavy atom. The molecule has 88 valence electrons. The third-order valence-corrected chi connectivity index (χ3v) is 2.12. The number of carbonyl (C=O) groups is 1. The van der Waals surface area contributed by atoms with E-state index in [0.717, 1.165) is 10.9 Å². The Morgan fingerprint density at radius 3 is 3.06 bits per heavy atom. The Kier molecular flexibility index (Phi) is 3.34. The molecule has 1 aromatic heterocycles. The van der Waals surface area contributed by atoms with Crippen LogP contribution in [0.3, 0.4) is 0 Å². The summed E-state index contributed by atoms with van der Waals surface area (Å²) in [7, 11) is 0. The van der Waals surface area contributed by atoms with Gasteiger partial charge in [0.25, 0.3) is 0 Å². The van der Waals surface area contributed by atoms with E-state index in [9.17, 15) is 4.79 Å². The number of hydrogen-bond acceptors (Lipinski definition) is 5. The molecule has 0 atom stereocenters. The van der Waals surface area contributed by atoms with Crippen LogP contribution in [0.2, 0.25) is 0 Å². The molecule has 1 amide bonds. The van der Waals surface area contributed by atoms with Gasteiger partial charge in [0.2, 0.25) is 5.95 Å². The second-order valence-electron chi connectivity index (χ2n) is 3.35. The van der Waals surface area contributed by atoms with Crippen molar-refractivity contribution in [3.05, 3.63) is 30.5 Å². The van der Waals surface area contributed by atoms with Crippen LogP contribution in [0.15, 0.2) is 30.5 Å². The number of amides is 1. The minimum Gasteiger partial charge on any atom is -0.448 e. The molecule has 0 fully saturated rings. The average molecular weight is 232 g/mol. The van der Waals surface area contributed by atoms with Crippen LogP contribution in [0, 0.1) is 0 Å². The summed E-state index contributed by atoms with van der Waals surface area (Å²) in [4.78, 5) is 18.8. The van der Waals surface area contributed by atoms with Crippen molar-refractivity contribution in [1.82, 2.24) is 9.97 Å². The molecule has 1 heterocycles. The van der Waals surface area contributed by atoms with Gasteiger partial charge in [-0.25, -0.2) is 14.8 Å². The Labute approximate surface area is 97.8 Å². The topological polar surface area (TPSA) is 90.1 Å². The van der Waals surface area contributed by atoms with Gasteiger partial charge >= 0.3 is 6.09 Å². The SMILES string of the molecule is NC(=O)OCCNc1ncc2ccccc2n1. The molecule has 0 unspecified atom stereocenters. The van der Waals surface area contributed by atoms with E-state index in [0.29, 0.717) is 12.5 Å². The van der Waals surface area contributed by atoms with Crippen molar-refractivity contribution in [2.75, 3.05) is 18.5 Å². The number of carbonyl (C=O) groups excluding carboxylic acids is 1. The fraction of sp³-hybridized carbons (Fsp3) is 0.182. The zero-order chi connectivity index (χ0) is 12.1. The third kappa shape index (κ3) is 3.04. The van der Waals surface area contributed by atoms with Crippen LogP contribution in [-0.2, 0) is 4.74 Å². The van der Waals surface area contributed by atoms with Crippen molar-refractivity contribution in [2.24, 2.45) is 5.73 Å². The molecule has 3 N–H and O–H groups in total. The highest BCUT2D eigenvalue weighted by atomic mass is 16.5. The first-order valence-corrected chi connectivity index (χ1v) is 5.13. The second-order valence-corrected chi connectivity index (χ2v) is 3.35. The molecule has 6 heteroatoms. The summed E-state index contributed by atoms with van der Waals surface area (Å²) in [5.74, 6) is 0.497. The molecule has 17 heavy (non-hydrogen) atoms. The van der Waals surface area contributed by atoms with E-state index in [4.69, 9.17) is 5.73 Å². The summed E-state index contributed by atoms with van der Waals surface area (Å²) >= 11 is 0. The third-order valence-electron chi connectivity index (χ3n) is 2.12. The van der Waals surface area contributed by atoms with Gasteiger partial charge in [-0.3, -0.25) is 0 Å². The predicted octanol–water partition coefficient (Wildman–Crippen LogP) is 1.14. The molecule has 0 aliphatic rings. The van der Waals surface area contributed by atoms with E-state index < -0.39 is 6.09 Å². The van der Waals surface area contributed by atoms with E-state index in [2.05, 4.69) is 20.0 Å². The molecule has 0 saturated carbocycles. The maximum absolute atomic E-state index is 10.3. The van der Waals surface area contributed by atoms with Gasteiger partial charge in [-0.15, -0.1) is 0 Å². The number of fused-ring (bicyclic) bond motifs is 1. The minimum absolute atomic E-state index is 0.186. The van der Waals surface area contributed by atoms with Crippen LogP contribution >= 0.6 is 0 Å². The molecular weight excluding hydrogens is 220 g/mol. The molecule has 0 spiro atoms. The molecule has 0 saturated heterocycles. The lowest BCUT2D eigenvalue weighted by Crippen LogP contribution is -2.19. The van der Waals surface area contributed by atoms with Gasteiger partial charge in [0.05, 0.1) is 12.1 Å². The zero-order valence-electron chi connectivity index (χ0n) is 9.09. The molecule has 6 nitrogen and oxygen atoms in total. The monoisotopic (exact) mass is 232 g/mol. The Hall–Kier alpha value is -2.37. The second kappa shape index (κ2) is 5.11. The quantitative estimate of drug-likeness (QED) is 0.771. The number of rotatable bonds is 4. The van der Waals surface area contributed by atoms with E-state index in [1.54, 1.807) is 6.20 Å². The molecular formula is C11H12N4O2. The summed E-state index contributed by atoms with van der Waals surface area (Å²) in [6, 6.07) is 7.69. The number of nitrogens with one attached hydrogen (secondary N) is 1. The fourth-order valence-electron chi connectivity index (χ4n) is 1.37. The van der Waals surface area contributed by atoms with Gasteiger partial charge in [-0.2, -0.15) is 0 Å². The summed E-state index contributed by atoms with van der Waals surface area (Å²) in [5.41, 5.74) is 5.69. The van der Waals surface area contributed by atoms with Crippen molar-refractivity contribution in [3.63, 3.8) is 0 Å². The number of aromatic nitrogens is 2. The molecule has 1 aromatic carbocycles. The van der Waals surface area contributed by atoms with Crippen molar-refractivity contribution < 1.29 is 9.53 Å². The van der Waals surface area contributed by atoms with Crippen molar-refractivity contribution in [3.8, 4) is 0 Å². The normalized spacial score (nSPS) is 10.1. The zero-order valence-corrected chi connectivity index (χ0v) is 9.09. The van der Waals surface area contributed by atoms with Gasteiger partial charge < -0.3 is 15.8 Å². The summed E-state index contributed by atoms with van der Waals surface area (Å²) in [6.07, 6.45) is 0.950. The molecule has 2 aromatic rings. The van der Waals surface area contributed by atoms with Gasteiger partial charge in [0, 0.05) is 11.6 Å². The lowest BCUT2D eigenvalue weighted by Gasteiger charge is -2.05. The summed E-state index contributed by atoms with van der Waals surface area (Å²) in [5, 5.41) is 3.92. The largest absolute Gasteiger partial charge is 0.448 e. The van der Waals surface area contributed by atoms with Crippen molar-refractivity contribution >= 4 is 22.9 Å². The Balaban J connectivity index is 1.97. The highest BCUT2D eigenvalue weighted by Crippen LogP contribution is 2.11. The lowest BCUT2D eigenvalue weighted by molar-refractivity contribution is 0.161. The van der Waals surface area contributed by atoms with Gasteiger partial charge in [-0.05, 0) is 6.07 Å². The smallest absolute Gasteiger partial charge is 0.404 e. The van der Waals surface area contributed by atoms with Crippen LogP contribution in [0.1, 0.15) is 0 Å². The molecule has 0 aliphatic heterocycles. The van der Waals surface area contributed by atoms with Crippen LogP contribution in [0.4, 0.5) is 10.7 Å². The maximum Gasteiger partial charge on any atom is 0.404 e. The summed E-state index contributed by atoms with van der Waals surface area (Å²) < 4.78 is 4.57. The predicted molar refractivity (Wildman–Crippen MR) is 63.6 cm³/mol. The average Bonchev–Trinajstić information content (AvgIpc) is 2.34. The van der Waals surface area contributed by atoms with Gasteiger partial charge in [-0.1, -0.05) is 18.2 Å². The van der Waals surface area contributed by atoms with Crippen molar-refractivity contribution in [2.45, 2.75) is 0 Å². The van der Waals surface area contributed by atoms with E-state index in [1.165, 1.54) is 0 Å². The van der Waals surface area contributed by atoms with E-state index in [-0.39, 0.29) is 6.61 Å². The first-order chi connectivity index (χ1) is 8.25. The first-order valence-electron chi connectivity index (χ1n) is 5.13.